The SMILES string of the molecule is C=CCNCC(O)[CH2][Na]. The zero-order chi connectivity index (χ0) is 7.11. The Balaban J connectivity index is 2.96. The van der Waals surface area contributed by atoms with E-state index < -0.39 is 0 Å². The van der Waals surface area contributed by atoms with Gasteiger partial charge in [0, 0.05) is 0 Å². The van der Waals surface area contributed by atoms with E-state index in [1.165, 1.54) is 0 Å². The molecule has 0 aliphatic carbocycles. The van der Waals surface area contributed by atoms with Crippen LogP contribution in [-0.4, -0.2) is 52.2 Å². The Morgan fingerprint density at radius 2 is 2.44 bits per heavy atom. The third-order valence-corrected chi connectivity index (χ3v) is 2.08. The summed E-state index contributed by atoms with van der Waals surface area (Å²) in [5.74, 6) is 0. The molecule has 0 spiro atoms. The molecule has 0 aromatic carbocycles. The molecule has 0 saturated heterocycles. The zero-order valence-corrected chi connectivity index (χ0v) is 7.93. The van der Waals surface area contributed by atoms with E-state index in [0.717, 1.165) is 38.1 Å². The summed E-state index contributed by atoms with van der Waals surface area (Å²) in [6.45, 7) is 5.04. The second-order valence-corrected chi connectivity index (χ2v) is 2.83. The number of nitrogens with one attached hydrogen (secondary N) is 1. The summed E-state index contributed by atoms with van der Waals surface area (Å²) in [4.78, 5) is 0. The molecule has 0 aliphatic rings. The minimum absolute atomic E-state index is 0.142. The zero-order valence-electron chi connectivity index (χ0n) is 5.93. The van der Waals surface area contributed by atoms with Gasteiger partial charge in [0.25, 0.3) is 0 Å². The number of hydrogen-bond donors (Lipinski definition) is 2. The summed E-state index contributed by atoms with van der Waals surface area (Å²) >= 11 is 1.08. The predicted molar refractivity (Wildman–Crippen MR) is 39.6 cm³/mol. The van der Waals surface area contributed by atoms with Crippen molar-refractivity contribution in [2.45, 2.75) is 9.77 Å². The third kappa shape index (κ3) is 6.55. The molecule has 1 atom stereocenters. The maximum absolute atomic E-state index is 9.02. The molecule has 0 amide bonds. The van der Waals surface area contributed by atoms with E-state index in [-0.39, 0.29) is 6.10 Å². The quantitative estimate of drug-likeness (QED) is 0.310. The van der Waals surface area contributed by atoms with Gasteiger partial charge in [-0.15, -0.1) is 0 Å². The number of aliphatic hydroxyl groups is 1. The van der Waals surface area contributed by atoms with Crippen molar-refractivity contribution in [3.63, 3.8) is 0 Å². The molecular formula is C6H12NNaO. The predicted octanol–water partition coefficient (Wildman–Crippen LogP) is -0.290. The van der Waals surface area contributed by atoms with Gasteiger partial charge in [0.15, 0.2) is 0 Å². The first-order valence-electron chi connectivity index (χ1n) is 3.31. The van der Waals surface area contributed by atoms with Crippen molar-refractivity contribution in [2.24, 2.45) is 0 Å². The van der Waals surface area contributed by atoms with Crippen molar-refractivity contribution >= 4 is 27.9 Å². The van der Waals surface area contributed by atoms with E-state index in [0.29, 0.717) is 6.54 Å². The van der Waals surface area contributed by atoms with Crippen LogP contribution in [0.3, 0.4) is 0 Å². The first-order valence-corrected chi connectivity index (χ1v) is 4.72. The molecule has 1 unspecified atom stereocenters. The van der Waals surface area contributed by atoms with Crippen molar-refractivity contribution in [1.82, 2.24) is 5.32 Å². The Labute approximate surface area is 73.8 Å². The summed E-state index contributed by atoms with van der Waals surface area (Å²) in [5, 5.41) is 12.1. The second-order valence-electron chi connectivity index (χ2n) is 2.01. The number of aliphatic hydroxyl groups excluding tert-OH is 1. The van der Waals surface area contributed by atoms with E-state index in [1.807, 2.05) is 0 Å². The van der Waals surface area contributed by atoms with Gasteiger partial charge in [-0.25, -0.2) is 0 Å². The molecule has 0 aromatic heterocycles. The van der Waals surface area contributed by atoms with E-state index in [2.05, 4.69) is 11.9 Å². The van der Waals surface area contributed by atoms with Gasteiger partial charge < -0.3 is 0 Å². The van der Waals surface area contributed by atoms with Crippen LogP contribution in [0.25, 0.3) is 0 Å². The Bertz CT molecular complexity index is 77.5. The fraction of sp³-hybridized carbons (Fsp3) is 0.667. The molecule has 0 aliphatic heterocycles. The molecule has 0 rings (SSSR count). The van der Waals surface area contributed by atoms with E-state index in [1.54, 1.807) is 6.08 Å². The Hall–Kier alpha value is 0.660. The number of rotatable bonds is 5. The average Bonchev–Trinajstić information content (AvgIpc) is 1.89. The molecule has 0 heterocycles. The van der Waals surface area contributed by atoms with Crippen molar-refractivity contribution in [1.29, 1.82) is 0 Å². The number of hydrogen-bond acceptors (Lipinski definition) is 2. The average molecular weight is 137 g/mol. The molecule has 0 bridgehead atoms. The van der Waals surface area contributed by atoms with Crippen LogP contribution in [0.15, 0.2) is 12.7 Å². The Morgan fingerprint density at radius 1 is 1.78 bits per heavy atom. The van der Waals surface area contributed by atoms with Gasteiger partial charge in [-0.2, -0.15) is 0 Å². The van der Waals surface area contributed by atoms with Gasteiger partial charge in [-0.05, 0) is 0 Å². The van der Waals surface area contributed by atoms with Crippen LogP contribution in [0.5, 0.6) is 0 Å². The first-order chi connectivity index (χ1) is 4.31. The van der Waals surface area contributed by atoms with Crippen LogP contribution >= 0.6 is 0 Å². The topological polar surface area (TPSA) is 32.3 Å². The normalized spacial score (nSPS) is 13.2. The fourth-order valence-corrected chi connectivity index (χ4v) is 0.785. The van der Waals surface area contributed by atoms with Crippen molar-refractivity contribution in [3.8, 4) is 0 Å². The molecule has 0 aromatic rings. The molecule has 0 radical (unpaired) electrons. The summed E-state index contributed by atoms with van der Waals surface area (Å²) in [6, 6.07) is 0. The van der Waals surface area contributed by atoms with Gasteiger partial charge in [0.2, 0.25) is 0 Å². The van der Waals surface area contributed by atoms with Crippen molar-refractivity contribution in [3.05, 3.63) is 12.7 Å². The Morgan fingerprint density at radius 3 is 2.89 bits per heavy atom. The molecule has 2 nitrogen and oxygen atoms in total. The summed E-state index contributed by atoms with van der Waals surface area (Å²) in [5.41, 5.74) is 0. The standard InChI is InChI=1S/C6H12NO.Na/c1-3-4-7-5-6(2)8;/h3,6-8H,1-2,4-5H2;. The fourth-order valence-electron chi connectivity index (χ4n) is 0.496. The summed E-state index contributed by atoms with van der Waals surface area (Å²) < 4.78 is 0.949. The van der Waals surface area contributed by atoms with Crippen LogP contribution < -0.4 is 5.32 Å². The third-order valence-electron chi connectivity index (χ3n) is 1.14. The summed E-state index contributed by atoms with van der Waals surface area (Å²) in [6.07, 6.45) is 1.65. The van der Waals surface area contributed by atoms with Gasteiger partial charge in [-0.1, -0.05) is 0 Å². The molecule has 0 saturated carbocycles. The molecule has 48 valence electrons. The van der Waals surface area contributed by atoms with Crippen molar-refractivity contribution < 1.29 is 5.11 Å². The first kappa shape index (κ1) is 9.66. The van der Waals surface area contributed by atoms with Gasteiger partial charge >= 0.3 is 73.9 Å². The van der Waals surface area contributed by atoms with E-state index in [4.69, 9.17) is 5.11 Å². The van der Waals surface area contributed by atoms with Crippen LogP contribution in [0.1, 0.15) is 0 Å². The van der Waals surface area contributed by atoms with Crippen LogP contribution in [0, 0.1) is 0 Å². The van der Waals surface area contributed by atoms with E-state index in [9.17, 15) is 0 Å². The maximum atomic E-state index is 9.02. The monoisotopic (exact) mass is 137 g/mol. The Kier molecular flexibility index (Phi) is 7.27. The van der Waals surface area contributed by atoms with Crippen LogP contribution in [0.2, 0.25) is 3.67 Å². The minimum atomic E-state index is -0.142. The van der Waals surface area contributed by atoms with Gasteiger partial charge in [0.1, 0.15) is 0 Å². The van der Waals surface area contributed by atoms with Gasteiger partial charge in [0.05, 0.1) is 0 Å². The van der Waals surface area contributed by atoms with Crippen LogP contribution in [0.4, 0.5) is 0 Å². The van der Waals surface area contributed by atoms with Gasteiger partial charge in [-0.3, -0.25) is 0 Å². The van der Waals surface area contributed by atoms with Crippen LogP contribution in [-0.2, 0) is 0 Å². The molecule has 0 fully saturated rings. The molecule has 2 N–H and O–H groups in total. The van der Waals surface area contributed by atoms with Crippen molar-refractivity contribution in [2.75, 3.05) is 13.1 Å². The molecule has 3 heteroatoms. The molecular weight excluding hydrogens is 125 g/mol. The summed E-state index contributed by atoms with van der Waals surface area (Å²) in [7, 11) is 0. The second kappa shape index (κ2) is 6.78. The van der Waals surface area contributed by atoms with E-state index >= 15 is 0 Å². The molecule has 9 heavy (non-hydrogen) atoms.